The lowest BCUT2D eigenvalue weighted by atomic mass is 10.2. The topological polar surface area (TPSA) is 29.1 Å². The molecule has 14 heavy (non-hydrogen) atoms. The lowest BCUT2D eigenvalue weighted by Crippen LogP contribution is -2.25. The van der Waals surface area contributed by atoms with Crippen molar-refractivity contribution in [1.82, 2.24) is 5.32 Å². The van der Waals surface area contributed by atoms with Crippen LogP contribution in [0.3, 0.4) is 0 Å². The van der Waals surface area contributed by atoms with E-state index in [1.165, 1.54) is 16.9 Å². The third kappa shape index (κ3) is 3.60. The molecule has 0 aliphatic rings. The van der Waals surface area contributed by atoms with Gasteiger partial charge in [-0.25, -0.2) is 0 Å². The van der Waals surface area contributed by atoms with Gasteiger partial charge >= 0.3 is 0 Å². The van der Waals surface area contributed by atoms with Crippen molar-refractivity contribution in [3.63, 3.8) is 0 Å². The Bertz CT molecular complexity index is 304. The monoisotopic (exact) mass is 211 g/mol. The van der Waals surface area contributed by atoms with Crippen LogP contribution in [-0.2, 0) is 0 Å². The molecule has 0 saturated heterocycles. The first-order valence-corrected chi connectivity index (χ1v) is 5.79. The van der Waals surface area contributed by atoms with Gasteiger partial charge in [0.1, 0.15) is 0 Å². The van der Waals surface area contributed by atoms with E-state index >= 15 is 0 Å². The smallest absolute Gasteiger partial charge is 0.174 e. The van der Waals surface area contributed by atoms with Gasteiger partial charge in [-0.05, 0) is 23.9 Å². The molecule has 1 aromatic heterocycles. The Morgan fingerprint density at radius 3 is 2.79 bits per heavy atom. The molecule has 3 heteroatoms. The van der Waals surface area contributed by atoms with Gasteiger partial charge in [0.05, 0.1) is 4.88 Å². The Kier molecular flexibility index (Phi) is 4.29. The van der Waals surface area contributed by atoms with E-state index < -0.39 is 0 Å². The van der Waals surface area contributed by atoms with Crippen molar-refractivity contribution in [2.45, 2.75) is 33.2 Å². The minimum atomic E-state index is 0.247. The normalized spacial score (nSPS) is 10.9. The maximum absolute atomic E-state index is 11.6. The fraction of sp³-hybridized carbons (Fsp3) is 0.545. The first kappa shape index (κ1) is 11.4. The summed E-state index contributed by atoms with van der Waals surface area (Å²) in [6.07, 6.45) is 0.595. The van der Waals surface area contributed by atoms with Crippen molar-refractivity contribution in [2.75, 3.05) is 6.54 Å². The van der Waals surface area contributed by atoms with Crippen molar-refractivity contribution < 1.29 is 4.79 Å². The van der Waals surface area contributed by atoms with Crippen LogP contribution in [0.5, 0.6) is 0 Å². The second kappa shape index (κ2) is 5.27. The van der Waals surface area contributed by atoms with Crippen LogP contribution in [0.25, 0.3) is 0 Å². The number of rotatable bonds is 5. The molecule has 0 radical (unpaired) electrons. The summed E-state index contributed by atoms with van der Waals surface area (Å²) in [4.78, 5) is 12.5. The molecule has 0 unspecified atom stereocenters. The summed E-state index contributed by atoms with van der Waals surface area (Å²) in [7, 11) is 0. The SMILES string of the molecule is Cc1csc(C(=O)CCNC(C)C)c1. The highest BCUT2D eigenvalue weighted by molar-refractivity contribution is 7.12. The molecular weight excluding hydrogens is 194 g/mol. The summed E-state index contributed by atoms with van der Waals surface area (Å²) in [5.74, 6) is 0.247. The summed E-state index contributed by atoms with van der Waals surface area (Å²) >= 11 is 1.54. The average Bonchev–Trinajstić information content (AvgIpc) is 2.51. The number of hydrogen-bond donors (Lipinski definition) is 1. The molecule has 1 rings (SSSR count). The molecule has 0 amide bonds. The Balaban J connectivity index is 2.36. The van der Waals surface area contributed by atoms with Gasteiger partial charge in [-0.15, -0.1) is 11.3 Å². The number of Topliss-reactive ketones (excluding diaryl/α,β-unsaturated/α-hetero) is 1. The Morgan fingerprint density at radius 1 is 1.57 bits per heavy atom. The second-order valence-corrected chi connectivity index (χ2v) is 4.68. The summed E-state index contributed by atoms with van der Waals surface area (Å²) in [6.45, 7) is 6.95. The van der Waals surface area contributed by atoms with Gasteiger partial charge in [0.25, 0.3) is 0 Å². The third-order valence-electron chi connectivity index (χ3n) is 1.91. The molecule has 2 nitrogen and oxygen atoms in total. The minimum Gasteiger partial charge on any atom is -0.314 e. The highest BCUT2D eigenvalue weighted by atomic mass is 32.1. The summed E-state index contributed by atoms with van der Waals surface area (Å²) in [6, 6.07) is 2.41. The number of hydrogen-bond acceptors (Lipinski definition) is 3. The zero-order valence-corrected chi connectivity index (χ0v) is 9.78. The zero-order valence-electron chi connectivity index (χ0n) is 8.96. The van der Waals surface area contributed by atoms with Crippen LogP contribution in [0.2, 0.25) is 0 Å². The summed E-state index contributed by atoms with van der Waals surface area (Å²) in [5, 5.41) is 5.25. The van der Waals surface area contributed by atoms with E-state index in [9.17, 15) is 4.79 Å². The molecule has 0 atom stereocenters. The Labute approximate surface area is 89.3 Å². The van der Waals surface area contributed by atoms with Crippen molar-refractivity contribution in [3.8, 4) is 0 Å². The zero-order chi connectivity index (χ0) is 10.6. The van der Waals surface area contributed by atoms with Crippen LogP contribution in [0.15, 0.2) is 11.4 Å². The quantitative estimate of drug-likeness (QED) is 0.759. The van der Waals surface area contributed by atoms with E-state index in [2.05, 4.69) is 19.2 Å². The van der Waals surface area contributed by atoms with E-state index in [1.54, 1.807) is 0 Å². The van der Waals surface area contributed by atoms with Crippen LogP contribution in [0.4, 0.5) is 0 Å². The lowest BCUT2D eigenvalue weighted by molar-refractivity contribution is 0.0986. The Morgan fingerprint density at radius 2 is 2.29 bits per heavy atom. The standard InChI is InChI=1S/C11H17NOS/c1-8(2)12-5-4-10(13)11-6-9(3)7-14-11/h6-8,12H,4-5H2,1-3H3. The van der Waals surface area contributed by atoms with E-state index in [0.717, 1.165) is 11.4 Å². The van der Waals surface area contributed by atoms with Crippen LogP contribution >= 0.6 is 11.3 Å². The molecule has 78 valence electrons. The predicted octanol–water partition coefficient (Wildman–Crippen LogP) is 2.63. The van der Waals surface area contributed by atoms with Gasteiger partial charge in [-0.1, -0.05) is 13.8 Å². The third-order valence-corrected chi connectivity index (χ3v) is 3.00. The van der Waals surface area contributed by atoms with Crippen molar-refractivity contribution in [3.05, 3.63) is 21.9 Å². The summed E-state index contributed by atoms with van der Waals surface area (Å²) in [5.41, 5.74) is 1.18. The van der Waals surface area contributed by atoms with Crippen molar-refractivity contribution in [1.29, 1.82) is 0 Å². The lowest BCUT2D eigenvalue weighted by Gasteiger charge is -2.05. The molecule has 0 aliphatic carbocycles. The molecule has 0 spiro atoms. The van der Waals surface area contributed by atoms with Crippen LogP contribution in [0, 0.1) is 6.92 Å². The van der Waals surface area contributed by atoms with Gasteiger partial charge < -0.3 is 5.32 Å². The number of carbonyl (C=O) groups is 1. The summed E-state index contributed by atoms with van der Waals surface area (Å²) < 4.78 is 0. The first-order valence-electron chi connectivity index (χ1n) is 4.91. The molecule has 0 aliphatic heterocycles. The molecule has 1 aromatic rings. The maximum Gasteiger partial charge on any atom is 0.174 e. The highest BCUT2D eigenvalue weighted by Gasteiger charge is 2.07. The number of carbonyl (C=O) groups excluding carboxylic acids is 1. The molecule has 0 saturated carbocycles. The fourth-order valence-corrected chi connectivity index (χ4v) is 2.04. The number of aryl methyl sites for hydroxylation is 1. The molecular formula is C11H17NOS. The molecule has 1 heterocycles. The fourth-order valence-electron chi connectivity index (χ4n) is 1.18. The number of ketones is 1. The molecule has 0 fully saturated rings. The van der Waals surface area contributed by atoms with Crippen molar-refractivity contribution in [2.24, 2.45) is 0 Å². The number of nitrogens with one attached hydrogen (secondary N) is 1. The minimum absolute atomic E-state index is 0.247. The van der Waals surface area contributed by atoms with Crippen LogP contribution < -0.4 is 5.32 Å². The van der Waals surface area contributed by atoms with Gasteiger partial charge in [-0.3, -0.25) is 4.79 Å². The largest absolute Gasteiger partial charge is 0.314 e. The van der Waals surface area contributed by atoms with Crippen LogP contribution in [0.1, 0.15) is 35.5 Å². The highest BCUT2D eigenvalue weighted by Crippen LogP contribution is 2.15. The first-order chi connectivity index (χ1) is 6.59. The van der Waals surface area contributed by atoms with Gasteiger partial charge in [-0.2, -0.15) is 0 Å². The number of thiophene rings is 1. The van der Waals surface area contributed by atoms with E-state index in [-0.39, 0.29) is 5.78 Å². The van der Waals surface area contributed by atoms with Crippen LogP contribution in [-0.4, -0.2) is 18.4 Å². The van der Waals surface area contributed by atoms with E-state index in [0.29, 0.717) is 12.5 Å². The van der Waals surface area contributed by atoms with Gasteiger partial charge in [0, 0.05) is 19.0 Å². The van der Waals surface area contributed by atoms with E-state index in [4.69, 9.17) is 0 Å². The van der Waals surface area contributed by atoms with Gasteiger partial charge in [0.15, 0.2) is 5.78 Å². The van der Waals surface area contributed by atoms with Crippen molar-refractivity contribution >= 4 is 17.1 Å². The van der Waals surface area contributed by atoms with Gasteiger partial charge in [0.2, 0.25) is 0 Å². The predicted molar refractivity (Wildman–Crippen MR) is 61.1 cm³/mol. The molecule has 1 N–H and O–H groups in total. The Hall–Kier alpha value is -0.670. The molecule has 0 aromatic carbocycles. The molecule has 0 bridgehead atoms. The maximum atomic E-state index is 11.6. The second-order valence-electron chi connectivity index (χ2n) is 3.77. The van der Waals surface area contributed by atoms with E-state index in [1.807, 2.05) is 18.4 Å². The average molecular weight is 211 g/mol.